The maximum absolute atomic E-state index is 12.4. The number of nitrogen functional groups attached to an aromatic ring is 1. The van der Waals surface area contributed by atoms with Crippen molar-refractivity contribution in [1.29, 1.82) is 0 Å². The van der Waals surface area contributed by atoms with E-state index in [1.54, 1.807) is 6.07 Å². The molecule has 0 saturated heterocycles. The summed E-state index contributed by atoms with van der Waals surface area (Å²) in [6, 6.07) is 2.49. The number of hydrogen-bond donors (Lipinski definition) is 1. The summed E-state index contributed by atoms with van der Waals surface area (Å²) in [7, 11) is 0. The Morgan fingerprint density at radius 2 is 2.24 bits per heavy atom. The molecule has 0 aromatic carbocycles. The van der Waals surface area contributed by atoms with E-state index in [2.05, 4.69) is 13.8 Å². The van der Waals surface area contributed by atoms with Crippen LogP contribution in [0.4, 0.5) is 5.69 Å². The second kappa shape index (κ2) is 4.43. The Labute approximate surface area is 102 Å². The van der Waals surface area contributed by atoms with E-state index >= 15 is 0 Å². The zero-order valence-corrected chi connectivity index (χ0v) is 10.8. The number of carbonyl (C=O) groups excluding carboxylic acids is 1. The fourth-order valence-electron chi connectivity index (χ4n) is 2.20. The minimum absolute atomic E-state index is 0.111. The Morgan fingerprint density at radius 3 is 2.71 bits per heavy atom. The van der Waals surface area contributed by atoms with Gasteiger partial charge in [-0.05, 0) is 39.7 Å². The van der Waals surface area contributed by atoms with Gasteiger partial charge in [0.1, 0.15) is 5.69 Å². The van der Waals surface area contributed by atoms with Crippen molar-refractivity contribution in [3.63, 3.8) is 0 Å². The highest BCUT2D eigenvalue weighted by Gasteiger charge is 2.33. The number of nitrogens with zero attached hydrogens (tertiary/aromatic N) is 2. The first-order valence-electron chi connectivity index (χ1n) is 6.33. The van der Waals surface area contributed by atoms with Crippen LogP contribution in [-0.2, 0) is 0 Å². The van der Waals surface area contributed by atoms with E-state index < -0.39 is 0 Å². The van der Waals surface area contributed by atoms with Gasteiger partial charge in [-0.15, -0.1) is 0 Å². The normalized spacial score (nSPS) is 15.3. The maximum Gasteiger partial charge on any atom is 0.270 e. The molecule has 1 heterocycles. The minimum Gasteiger partial charge on any atom is -0.397 e. The number of anilines is 1. The van der Waals surface area contributed by atoms with Crippen molar-refractivity contribution in [3.8, 4) is 0 Å². The van der Waals surface area contributed by atoms with Crippen molar-refractivity contribution in [2.45, 2.75) is 45.7 Å². The molecule has 1 aliphatic carbocycles. The van der Waals surface area contributed by atoms with Crippen LogP contribution in [0.2, 0.25) is 0 Å². The van der Waals surface area contributed by atoms with Gasteiger partial charge in [0.25, 0.3) is 5.91 Å². The van der Waals surface area contributed by atoms with Gasteiger partial charge in [0.05, 0.1) is 5.69 Å². The van der Waals surface area contributed by atoms with Crippen molar-refractivity contribution in [2.75, 3.05) is 12.3 Å². The molecule has 2 N–H and O–H groups in total. The van der Waals surface area contributed by atoms with Gasteiger partial charge >= 0.3 is 0 Å². The average Bonchev–Trinajstić information content (AvgIpc) is 3.01. The van der Waals surface area contributed by atoms with Gasteiger partial charge in [0.15, 0.2) is 0 Å². The molecule has 1 amide bonds. The lowest BCUT2D eigenvalue weighted by atomic mass is 10.3. The van der Waals surface area contributed by atoms with Gasteiger partial charge in [-0.25, -0.2) is 0 Å². The lowest BCUT2D eigenvalue weighted by Crippen LogP contribution is -2.34. The lowest BCUT2D eigenvalue weighted by molar-refractivity contribution is 0.0740. The second-order valence-electron chi connectivity index (χ2n) is 4.98. The highest BCUT2D eigenvalue weighted by molar-refractivity contribution is 5.94. The molecule has 1 aromatic rings. The zero-order chi connectivity index (χ0) is 12.6. The Hall–Kier alpha value is -1.45. The molecule has 1 aliphatic rings. The standard InChI is InChI=1S/C13H21N3O/c1-4-15(11-5-6-11)13(17)12-7-10(14)8-16(12)9(2)3/h7-9,11H,4-6,14H2,1-3H3. The Balaban J connectivity index is 2.28. The monoisotopic (exact) mass is 235 g/mol. The summed E-state index contributed by atoms with van der Waals surface area (Å²) < 4.78 is 1.96. The quantitative estimate of drug-likeness (QED) is 0.870. The molecule has 0 bridgehead atoms. The van der Waals surface area contributed by atoms with Crippen molar-refractivity contribution in [2.24, 2.45) is 0 Å². The van der Waals surface area contributed by atoms with E-state index in [0.717, 1.165) is 19.4 Å². The van der Waals surface area contributed by atoms with Crippen LogP contribution in [0.5, 0.6) is 0 Å². The van der Waals surface area contributed by atoms with E-state index in [9.17, 15) is 4.79 Å². The Morgan fingerprint density at radius 1 is 1.59 bits per heavy atom. The van der Waals surface area contributed by atoms with Crippen LogP contribution in [0.3, 0.4) is 0 Å². The van der Waals surface area contributed by atoms with Crippen LogP contribution < -0.4 is 5.73 Å². The van der Waals surface area contributed by atoms with Gasteiger partial charge in [-0.3, -0.25) is 4.79 Å². The predicted octanol–water partition coefficient (Wildman–Crippen LogP) is 2.28. The second-order valence-corrected chi connectivity index (χ2v) is 4.98. The van der Waals surface area contributed by atoms with E-state index in [-0.39, 0.29) is 11.9 Å². The van der Waals surface area contributed by atoms with Crippen molar-refractivity contribution in [3.05, 3.63) is 18.0 Å². The molecule has 0 radical (unpaired) electrons. The maximum atomic E-state index is 12.4. The highest BCUT2D eigenvalue weighted by Crippen LogP contribution is 2.29. The zero-order valence-electron chi connectivity index (χ0n) is 10.8. The summed E-state index contributed by atoms with van der Waals surface area (Å²) in [6.45, 7) is 6.92. The number of rotatable bonds is 4. The van der Waals surface area contributed by atoms with Gasteiger partial charge < -0.3 is 15.2 Å². The summed E-state index contributed by atoms with van der Waals surface area (Å²) >= 11 is 0. The predicted molar refractivity (Wildman–Crippen MR) is 69.0 cm³/mol. The van der Waals surface area contributed by atoms with Crippen molar-refractivity contribution in [1.82, 2.24) is 9.47 Å². The van der Waals surface area contributed by atoms with E-state index in [0.29, 0.717) is 17.4 Å². The lowest BCUT2D eigenvalue weighted by Gasteiger charge is -2.22. The SMILES string of the molecule is CCN(C(=O)c1cc(N)cn1C(C)C)C1CC1. The minimum atomic E-state index is 0.111. The molecular weight excluding hydrogens is 214 g/mol. The molecule has 2 rings (SSSR count). The largest absolute Gasteiger partial charge is 0.397 e. The number of nitrogens with two attached hydrogens (primary N) is 1. The van der Waals surface area contributed by atoms with Crippen molar-refractivity contribution >= 4 is 11.6 Å². The smallest absolute Gasteiger partial charge is 0.270 e. The van der Waals surface area contributed by atoms with Crippen molar-refractivity contribution < 1.29 is 4.79 Å². The van der Waals surface area contributed by atoms with Crippen LogP contribution in [0.25, 0.3) is 0 Å². The first kappa shape index (κ1) is 12.0. The topological polar surface area (TPSA) is 51.3 Å². The molecule has 0 spiro atoms. The van der Waals surface area contributed by atoms with E-state index in [4.69, 9.17) is 5.73 Å². The molecule has 0 atom stereocenters. The molecule has 0 aliphatic heterocycles. The summed E-state index contributed by atoms with van der Waals surface area (Å²) in [4.78, 5) is 14.4. The fourth-order valence-corrected chi connectivity index (χ4v) is 2.20. The molecular formula is C13H21N3O. The van der Waals surface area contributed by atoms with Crippen LogP contribution in [-0.4, -0.2) is 28.0 Å². The summed E-state index contributed by atoms with van der Waals surface area (Å²) in [6.07, 6.45) is 4.12. The number of hydrogen-bond acceptors (Lipinski definition) is 2. The first-order chi connectivity index (χ1) is 8.04. The van der Waals surface area contributed by atoms with E-state index in [1.807, 2.05) is 22.6 Å². The highest BCUT2D eigenvalue weighted by atomic mass is 16.2. The molecule has 94 valence electrons. The average molecular weight is 235 g/mol. The summed E-state index contributed by atoms with van der Waals surface area (Å²) in [5.41, 5.74) is 7.17. The Bertz CT molecular complexity index is 418. The van der Waals surface area contributed by atoms with Gasteiger partial charge in [0.2, 0.25) is 0 Å². The molecule has 4 heteroatoms. The summed E-state index contributed by atoms with van der Waals surface area (Å²) in [5.74, 6) is 0.111. The van der Waals surface area contributed by atoms with Gasteiger partial charge in [-0.1, -0.05) is 0 Å². The van der Waals surface area contributed by atoms with E-state index in [1.165, 1.54) is 0 Å². The first-order valence-corrected chi connectivity index (χ1v) is 6.33. The van der Waals surface area contributed by atoms with Gasteiger partial charge in [0, 0.05) is 24.8 Å². The molecule has 0 unspecified atom stereocenters. The number of carbonyl (C=O) groups is 1. The third-order valence-electron chi connectivity index (χ3n) is 3.23. The third kappa shape index (κ3) is 2.30. The van der Waals surface area contributed by atoms with Crippen LogP contribution in [0, 0.1) is 0 Å². The third-order valence-corrected chi connectivity index (χ3v) is 3.23. The molecule has 4 nitrogen and oxygen atoms in total. The number of amides is 1. The fraction of sp³-hybridized carbons (Fsp3) is 0.615. The summed E-state index contributed by atoms with van der Waals surface area (Å²) in [5, 5.41) is 0. The number of aromatic nitrogens is 1. The molecule has 1 aromatic heterocycles. The molecule has 17 heavy (non-hydrogen) atoms. The van der Waals surface area contributed by atoms with Crippen LogP contribution in [0.15, 0.2) is 12.3 Å². The van der Waals surface area contributed by atoms with Gasteiger partial charge in [-0.2, -0.15) is 0 Å². The molecule has 1 fully saturated rings. The van der Waals surface area contributed by atoms with Crippen LogP contribution >= 0.6 is 0 Å². The van der Waals surface area contributed by atoms with Crippen LogP contribution in [0.1, 0.15) is 50.1 Å². The molecule has 1 saturated carbocycles. The Kier molecular flexibility index (Phi) is 3.13.